The van der Waals surface area contributed by atoms with Gasteiger partial charge in [-0.2, -0.15) is 0 Å². The van der Waals surface area contributed by atoms with E-state index in [1.165, 1.54) is 12.1 Å². The van der Waals surface area contributed by atoms with E-state index in [0.29, 0.717) is 16.8 Å². The quantitative estimate of drug-likeness (QED) is 0.557. The standard InChI is InChI=1S/C11H11BN2O3/c15-11(10-2-1-7-13-10)14-9-5-3-8(4-6-9)12(16)17/h1-7,13,16-17H,(H,14,15). The minimum absolute atomic E-state index is 0.243. The molecule has 1 aromatic heterocycles. The lowest BCUT2D eigenvalue weighted by Crippen LogP contribution is -2.29. The maximum Gasteiger partial charge on any atom is 0.488 e. The summed E-state index contributed by atoms with van der Waals surface area (Å²) >= 11 is 0. The number of H-pyrrole nitrogens is 1. The zero-order chi connectivity index (χ0) is 12.3. The van der Waals surface area contributed by atoms with Crippen LogP contribution in [0.5, 0.6) is 0 Å². The number of benzene rings is 1. The number of hydrogen-bond acceptors (Lipinski definition) is 3. The smallest absolute Gasteiger partial charge is 0.423 e. The molecule has 1 aromatic carbocycles. The van der Waals surface area contributed by atoms with Crippen LogP contribution < -0.4 is 10.8 Å². The van der Waals surface area contributed by atoms with Crippen molar-refractivity contribution in [3.05, 3.63) is 48.3 Å². The zero-order valence-corrected chi connectivity index (χ0v) is 8.92. The molecule has 0 saturated heterocycles. The van der Waals surface area contributed by atoms with Gasteiger partial charge in [-0.25, -0.2) is 0 Å². The van der Waals surface area contributed by atoms with Crippen molar-refractivity contribution >= 4 is 24.2 Å². The van der Waals surface area contributed by atoms with Gasteiger partial charge in [0, 0.05) is 11.9 Å². The second-order valence-electron chi connectivity index (χ2n) is 3.53. The predicted octanol–water partition coefficient (Wildman–Crippen LogP) is -0.0532. The first-order valence-electron chi connectivity index (χ1n) is 5.07. The largest absolute Gasteiger partial charge is 0.488 e. The lowest BCUT2D eigenvalue weighted by molar-refractivity contribution is 0.102. The number of carbonyl (C=O) groups is 1. The molecule has 86 valence electrons. The molecule has 2 aromatic rings. The van der Waals surface area contributed by atoms with Gasteiger partial charge in [0.15, 0.2) is 0 Å². The number of hydrogen-bond donors (Lipinski definition) is 4. The first-order valence-corrected chi connectivity index (χ1v) is 5.07. The Morgan fingerprint density at radius 3 is 2.41 bits per heavy atom. The van der Waals surface area contributed by atoms with Gasteiger partial charge < -0.3 is 20.3 Å². The van der Waals surface area contributed by atoms with E-state index in [4.69, 9.17) is 10.0 Å². The van der Waals surface area contributed by atoms with E-state index in [0.717, 1.165) is 0 Å². The number of carbonyl (C=O) groups excluding carboxylic acids is 1. The van der Waals surface area contributed by atoms with Crippen molar-refractivity contribution in [1.29, 1.82) is 0 Å². The first kappa shape index (κ1) is 11.4. The van der Waals surface area contributed by atoms with Gasteiger partial charge in [0.05, 0.1) is 0 Å². The average Bonchev–Trinajstić information content (AvgIpc) is 2.83. The van der Waals surface area contributed by atoms with E-state index < -0.39 is 7.12 Å². The summed E-state index contributed by atoms with van der Waals surface area (Å²) < 4.78 is 0. The third-order valence-electron chi connectivity index (χ3n) is 2.31. The van der Waals surface area contributed by atoms with Crippen molar-refractivity contribution in [2.45, 2.75) is 0 Å². The fourth-order valence-electron chi connectivity index (χ4n) is 1.41. The Morgan fingerprint density at radius 1 is 1.18 bits per heavy atom. The molecular weight excluding hydrogens is 219 g/mol. The molecule has 5 nitrogen and oxygen atoms in total. The van der Waals surface area contributed by atoms with Crippen molar-refractivity contribution in [3.8, 4) is 0 Å². The molecule has 0 unspecified atom stereocenters. The molecule has 0 fully saturated rings. The second kappa shape index (κ2) is 4.86. The summed E-state index contributed by atoms with van der Waals surface area (Å²) in [5.74, 6) is -0.243. The van der Waals surface area contributed by atoms with Gasteiger partial charge in [-0.15, -0.1) is 0 Å². The molecule has 0 saturated carbocycles. The Hall–Kier alpha value is -2.05. The second-order valence-corrected chi connectivity index (χ2v) is 3.53. The van der Waals surface area contributed by atoms with Gasteiger partial charge in [0.1, 0.15) is 5.69 Å². The highest BCUT2D eigenvalue weighted by atomic mass is 16.4. The summed E-state index contributed by atoms with van der Waals surface area (Å²) in [6, 6.07) is 9.69. The van der Waals surface area contributed by atoms with E-state index in [1.807, 2.05) is 0 Å². The van der Waals surface area contributed by atoms with Crippen LogP contribution in [-0.2, 0) is 0 Å². The molecule has 0 radical (unpaired) electrons. The molecule has 4 N–H and O–H groups in total. The minimum Gasteiger partial charge on any atom is -0.423 e. The fourth-order valence-corrected chi connectivity index (χ4v) is 1.41. The Bertz CT molecular complexity index is 494. The number of nitrogens with one attached hydrogen (secondary N) is 2. The van der Waals surface area contributed by atoms with E-state index in [1.54, 1.807) is 30.5 Å². The zero-order valence-electron chi connectivity index (χ0n) is 8.92. The van der Waals surface area contributed by atoms with E-state index in [9.17, 15) is 4.79 Å². The summed E-state index contributed by atoms with van der Waals surface area (Å²) in [6.07, 6.45) is 1.67. The van der Waals surface area contributed by atoms with Gasteiger partial charge in [-0.3, -0.25) is 4.79 Å². The molecule has 6 heteroatoms. The normalized spacial score (nSPS) is 10.0. The van der Waals surface area contributed by atoms with Crippen molar-refractivity contribution < 1.29 is 14.8 Å². The monoisotopic (exact) mass is 230 g/mol. The number of aromatic nitrogens is 1. The summed E-state index contributed by atoms with van der Waals surface area (Å²) in [6.45, 7) is 0. The Balaban J connectivity index is 2.07. The maximum absolute atomic E-state index is 11.7. The van der Waals surface area contributed by atoms with Crippen molar-refractivity contribution in [3.63, 3.8) is 0 Å². The molecule has 17 heavy (non-hydrogen) atoms. The minimum atomic E-state index is -1.50. The number of rotatable bonds is 3. The van der Waals surface area contributed by atoms with Crippen LogP contribution in [0.15, 0.2) is 42.6 Å². The van der Waals surface area contributed by atoms with Crippen LogP contribution in [0.25, 0.3) is 0 Å². The van der Waals surface area contributed by atoms with Crippen molar-refractivity contribution in [1.82, 2.24) is 4.98 Å². The third kappa shape index (κ3) is 2.75. The first-order chi connectivity index (χ1) is 8.16. The summed E-state index contributed by atoms with van der Waals surface area (Å²) in [5, 5.41) is 20.5. The molecule has 0 aliphatic carbocycles. The highest BCUT2D eigenvalue weighted by Crippen LogP contribution is 2.06. The lowest BCUT2D eigenvalue weighted by atomic mass is 9.80. The highest BCUT2D eigenvalue weighted by Gasteiger charge is 2.11. The van der Waals surface area contributed by atoms with Crippen LogP contribution in [0, 0.1) is 0 Å². The average molecular weight is 230 g/mol. The van der Waals surface area contributed by atoms with E-state index in [2.05, 4.69) is 10.3 Å². The van der Waals surface area contributed by atoms with Crippen LogP contribution in [0.1, 0.15) is 10.5 Å². The Labute approximate surface area is 98.3 Å². The molecule has 0 aliphatic rings. The molecule has 0 spiro atoms. The molecule has 2 rings (SSSR count). The van der Waals surface area contributed by atoms with Gasteiger partial charge in [-0.05, 0) is 29.7 Å². The van der Waals surface area contributed by atoms with E-state index >= 15 is 0 Å². The van der Waals surface area contributed by atoms with Gasteiger partial charge in [0.25, 0.3) is 5.91 Å². The highest BCUT2D eigenvalue weighted by molar-refractivity contribution is 6.58. The predicted molar refractivity (Wildman–Crippen MR) is 65.0 cm³/mol. The summed E-state index contributed by atoms with van der Waals surface area (Å²) in [7, 11) is -1.50. The van der Waals surface area contributed by atoms with Crippen LogP contribution in [-0.4, -0.2) is 28.1 Å². The van der Waals surface area contributed by atoms with E-state index in [-0.39, 0.29) is 5.91 Å². The van der Waals surface area contributed by atoms with Crippen LogP contribution in [0.3, 0.4) is 0 Å². The SMILES string of the molecule is O=C(Nc1ccc(B(O)O)cc1)c1ccc[nH]1. The molecule has 0 bridgehead atoms. The van der Waals surface area contributed by atoms with Gasteiger partial charge in [-0.1, -0.05) is 12.1 Å². The fraction of sp³-hybridized carbons (Fsp3) is 0. The van der Waals surface area contributed by atoms with Gasteiger partial charge in [0.2, 0.25) is 0 Å². The summed E-state index contributed by atoms with van der Waals surface area (Å²) in [4.78, 5) is 14.4. The number of aromatic amines is 1. The molecule has 1 heterocycles. The van der Waals surface area contributed by atoms with Gasteiger partial charge >= 0.3 is 7.12 Å². The lowest BCUT2D eigenvalue weighted by Gasteiger charge is -2.05. The topological polar surface area (TPSA) is 85.3 Å². The van der Waals surface area contributed by atoms with Crippen LogP contribution >= 0.6 is 0 Å². The van der Waals surface area contributed by atoms with Crippen LogP contribution in [0.4, 0.5) is 5.69 Å². The molecule has 1 amide bonds. The molecular formula is C11H11BN2O3. The molecule has 0 aliphatic heterocycles. The summed E-state index contributed by atoms with van der Waals surface area (Å²) in [5.41, 5.74) is 1.44. The van der Waals surface area contributed by atoms with Crippen molar-refractivity contribution in [2.24, 2.45) is 0 Å². The van der Waals surface area contributed by atoms with Crippen LogP contribution in [0.2, 0.25) is 0 Å². The molecule has 0 atom stereocenters. The maximum atomic E-state index is 11.7. The number of anilines is 1. The number of amides is 1. The van der Waals surface area contributed by atoms with Crippen molar-refractivity contribution in [2.75, 3.05) is 5.32 Å². The Morgan fingerprint density at radius 2 is 1.88 bits per heavy atom. The third-order valence-corrected chi connectivity index (χ3v) is 2.31. The Kier molecular flexibility index (Phi) is 3.27.